The van der Waals surface area contributed by atoms with Gasteiger partial charge in [0.05, 0.1) is 56.2 Å². The Morgan fingerprint density at radius 3 is 0.984 bits per heavy atom. The van der Waals surface area contributed by atoms with Crippen molar-refractivity contribution < 1.29 is 61.9 Å². The molecular weight excluding hydrogens is 1710 g/mol. The monoisotopic (exact) mass is 1810 g/mol. The molecule has 0 aliphatic carbocycles. The van der Waals surface area contributed by atoms with Crippen LogP contribution in [0.2, 0.25) is 25.1 Å². The molecule has 8 N–H and O–H groups in total. The zero-order chi connectivity index (χ0) is 90.1. The van der Waals surface area contributed by atoms with Crippen LogP contribution in [0.25, 0.3) is 0 Å². The maximum Gasteiger partial charge on any atom is 0.227 e. The van der Waals surface area contributed by atoms with Gasteiger partial charge in [-0.05, 0) is 212 Å². The minimum atomic E-state index is -0.186. The van der Waals surface area contributed by atoms with Gasteiger partial charge >= 0.3 is 0 Å². The third kappa shape index (κ3) is 28.7. The Morgan fingerprint density at radius 2 is 0.622 bits per heavy atom. The van der Waals surface area contributed by atoms with E-state index in [-0.39, 0.29) is 35.5 Å². The molecule has 0 saturated carbocycles. The summed E-state index contributed by atoms with van der Waals surface area (Å²) in [7, 11) is 6.23. The van der Waals surface area contributed by atoms with Crippen molar-refractivity contribution in [1.82, 2.24) is 9.80 Å². The van der Waals surface area contributed by atoms with Crippen molar-refractivity contribution in [3.63, 3.8) is 0 Å². The first-order valence-electron chi connectivity index (χ1n) is 41.0. The third-order valence-corrected chi connectivity index (χ3v) is 21.7. The minimum Gasteiger partial charge on any atom is -0.493 e. The van der Waals surface area contributed by atoms with Gasteiger partial charge in [-0.15, -0.1) is 0 Å². The first-order chi connectivity index (χ1) is 61.5. The number of likely N-dealkylation sites (tertiary alicyclic amines) is 2. The van der Waals surface area contributed by atoms with Crippen molar-refractivity contribution in [3.05, 3.63) is 308 Å². The summed E-state index contributed by atoms with van der Waals surface area (Å²) in [6.45, 7) is 11.0. The molecule has 5 amide bonds. The van der Waals surface area contributed by atoms with Crippen molar-refractivity contribution in [2.45, 2.75) is 85.6 Å². The molecule has 2 aliphatic heterocycles. The molecule has 660 valence electrons. The van der Waals surface area contributed by atoms with E-state index in [4.69, 9.17) is 95.9 Å². The SMILES string of the molecule is CC(=O)N1CCC(C(=O)Nc2ccccc2CNc2ccccc2Oc2ccc(Cl)cc2)CC1.CC(=O)N1CCC(Nc2ccccc2CNc2ccccc2Oc2ccc(Cl)cc2)CC1.COc1cc(CNc2ccccc2Oc2ccc(Cl)cc2)c(NC(C)=O)cc1OC.COc1cc(CNc2ccccc2Oc2ccc(Cl)cc2Cl)c(NC(C)=O)cc1OC. The van der Waals surface area contributed by atoms with Gasteiger partial charge in [0.25, 0.3) is 0 Å². The Bertz CT molecular complexity index is 5690. The molecule has 0 unspecified atom stereocenters. The van der Waals surface area contributed by atoms with Crippen LogP contribution in [0.1, 0.15) is 75.6 Å². The zero-order valence-corrected chi connectivity index (χ0v) is 75.3. The molecule has 12 aromatic carbocycles. The molecule has 12 aromatic rings. The van der Waals surface area contributed by atoms with Gasteiger partial charge in [0, 0.05) is 147 Å². The molecule has 2 saturated heterocycles. The topological polar surface area (TPSA) is 262 Å². The molecule has 127 heavy (non-hydrogen) atoms. The molecule has 0 aromatic heterocycles. The van der Waals surface area contributed by atoms with Gasteiger partial charge in [-0.2, -0.15) is 0 Å². The van der Waals surface area contributed by atoms with Crippen LogP contribution in [0.15, 0.2) is 261 Å². The predicted molar refractivity (Wildman–Crippen MR) is 509 cm³/mol. The Balaban J connectivity index is 0.000000164. The molecular formula is C99H101Cl5N10O13. The van der Waals surface area contributed by atoms with E-state index in [0.29, 0.717) is 152 Å². The number of hydrogen-bond acceptors (Lipinski definition) is 18. The highest BCUT2D eigenvalue weighted by molar-refractivity contribution is 6.35. The number of halogens is 5. The molecule has 14 rings (SSSR count). The fourth-order valence-electron chi connectivity index (χ4n) is 13.7. The molecule has 2 fully saturated rings. The van der Waals surface area contributed by atoms with E-state index in [1.165, 1.54) is 19.4 Å². The second-order valence-electron chi connectivity index (χ2n) is 29.3. The number of ether oxygens (including phenoxy) is 8. The number of hydrogen-bond donors (Lipinski definition) is 8. The lowest BCUT2D eigenvalue weighted by Crippen LogP contribution is -2.41. The molecule has 0 bridgehead atoms. The number of para-hydroxylation sites is 10. The van der Waals surface area contributed by atoms with E-state index in [1.54, 1.807) is 102 Å². The summed E-state index contributed by atoms with van der Waals surface area (Å²) in [6.07, 6.45) is 3.28. The normalized spacial score (nSPS) is 12.2. The summed E-state index contributed by atoms with van der Waals surface area (Å²) in [5.41, 5.74) is 10.3. The molecule has 0 atom stereocenters. The standard InChI is InChI=1S/C27H28ClN3O3.C26H28ClN3O2.C23H22Cl2N2O4.C23H23ClN2O4/c1-19(32)31-16-14-20(15-17-31)27(33)30-24-7-3-2-6-21(24)18-29-25-8-4-5-9-26(25)34-23-12-10-22(28)11-13-23;1-19(31)30-16-14-22(15-17-30)29-24-7-3-2-6-20(24)18-28-25-8-4-5-9-26(25)32-23-12-10-21(27)11-13-23;1-14(28)27-19-12-23(30-3)22(29-2)10-15(19)13-26-18-6-4-5-7-21(18)31-20-9-8-16(24)11-17(20)25;1-15(27)26-20-13-23(29-3)22(28-2)12-16(20)14-25-19-6-4-5-7-21(19)30-18-10-8-17(24)9-11-18/h2-13,20,29H,14-18H2,1H3,(H,30,33);2-13,22,28-29H,14-18H2,1H3;4-12,26H,13H2,1-3H3,(H,27,28);4-13,25H,14H2,1-3H3,(H,26,27). The van der Waals surface area contributed by atoms with Gasteiger partial charge in [0.15, 0.2) is 46.0 Å². The molecule has 23 nitrogen and oxygen atoms in total. The Kier molecular flexibility index (Phi) is 35.6. The second kappa shape index (κ2) is 47.8. The van der Waals surface area contributed by atoms with E-state index in [9.17, 15) is 24.0 Å². The number of amides is 5. The number of carbonyl (C=O) groups is 5. The summed E-state index contributed by atoms with van der Waals surface area (Å²) in [5, 5.41) is 29.0. The predicted octanol–water partition coefficient (Wildman–Crippen LogP) is 24.2. The smallest absolute Gasteiger partial charge is 0.227 e. The lowest BCUT2D eigenvalue weighted by molar-refractivity contribution is -0.132. The van der Waals surface area contributed by atoms with Gasteiger partial charge in [-0.3, -0.25) is 24.0 Å². The molecule has 28 heteroatoms. The van der Waals surface area contributed by atoms with E-state index in [0.717, 1.165) is 88.2 Å². The summed E-state index contributed by atoms with van der Waals surface area (Å²) < 4.78 is 45.6. The van der Waals surface area contributed by atoms with Crippen LogP contribution in [0.5, 0.6) is 69.0 Å². The molecule has 2 heterocycles. The summed E-state index contributed by atoms with van der Waals surface area (Å²) >= 11 is 30.1. The quantitative estimate of drug-likeness (QED) is 0.0208. The van der Waals surface area contributed by atoms with Gasteiger partial charge in [0.2, 0.25) is 29.5 Å². The number of nitrogens with zero attached hydrogens (tertiary/aromatic N) is 2. The van der Waals surface area contributed by atoms with E-state index in [1.807, 2.05) is 193 Å². The lowest BCUT2D eigenvalue weighted by Gasteiger charge is -2.32. The number of piperidine rings is 2. The number of methoxy groups -OCH3 is 4. The summed E-state index contributed by atoms with van der Waals surface area (Å²) in [5.74, 6) is 7.30. The third-order valence-electron chi connectivity index (χ3n) is 20.4. The van der Waals surface area contributed by atoms with Crippen molar-refractivity contribution in [1.29, 1.82) is 0 Å². The van der Waals surface area contributed by atoms with Crippen molar-refractivity contribution in [2.24, 2.45) is 5.92 Å². The maximum absolute atomic E-state index is 12.9. The van der Waals surface area contributed by atoms with Crippen LogP contribution in [-0.2, 0) is 50.2 Å². The first-order valence-corrected chi connectivity index (χ1v) is 42.9. The minimum absolute atomic E-state index is 0.00197. The van der Waals surface area contributed by atoms with Crippen LogP contribution >= 0.6 is 58.0 Å². The van der Waals surface area contributed by atoms with E-state index >= 15 is 0 Å². The first kappa shape index (κ1) is 94.5. The van der Waals surface area contributed by atoms with Gasteiger partial charge < -0.3 is 90.2 Å². The number of benzene rings is 12. The zero-order valence-electron chi connectivity index (χ0n) is 71.6. The average Bonchev–Trinajstić information content (AvgIpc) is 0.823. The van der Waals surface area contributed by atoms with Crippen molar-refractivity contribution in [2.75, 3.05) is 97.2 Å². The molecule has 2 aliphatic rings. The summed E-state index contributed by atoms with van der Waals surface area (Å²) in [6, 6.07) is 81.1. The number of anilines is 8. The highest BCUT2D eigenvalue weighted by atomic mass is 35.5. The largest absolute Gasteiger partial charge is 0.493 e. The van der Waals surface area contributed by atoms with E-state index in [2.05, 4.69) is 60.7 Å². The van der Waals surface area contributed by atoms with Gasteiger partial charge in [-0.1, -0.05) is 143 Å². The van der Waals surface area contributed by atoms with Crippen LogP contribution in [-0.4, -0.2) is 100.0 Å². The number of rotatable bonds is 30. The number of carbonyl (C=O) groups excluding carboxylic acids is 5. The second-order valence-corrected chi connectivity index (χ2v) is 31.5. The van der Waals surface area contributed by atoms with Crippen LogP contribution in [0, 0.1) is 5.92 Å². The Hall–Kier alpha value is -13.2. The van der Waals surface area contributed by atoms with Crippen LogP contribution in [0.4, 0.5) is 45.5 Å². The molecule has 0 spiro atoms. The molecule has 0 radical (unpaired) electrons. The van der Waals surface area contributed by atoms with Gasteiger partial charge in [-0.25, -0.2) is 0 Å². The fraction of sp³-hybridized carbons (Fsp3) is 0.222. The fourth-order valence-corrected chi connectivity index (χ4v) is 14.6. The highest BCUT2D eigenvalue weighted by Crippen LogP contribution is 2.41. The summed E-state index contributed by atoms with van der Waals surface area (Å²) in [4.78, 5) is 63.0. The van der Waals surface area contributed by atoms with Crippen LogP contribution < -0.4 is 80.4 Å². The Morgan fingerprint density at radius 1 is 0.307 bits per heavy atom. The van der Waals surface area contributed by atoms with Crippen molar-refractivity contribution in [3.8, 4) is 69.0 Å². The maximum atomic E-state index is 12.9. The Labute approximate surface area is 765 Å². The highest BCUT2D eigenvalue weighted by Gasteiger charge is 2.28. The van der Waals surface area contributed by atoms with Crippen molar-refractivity contribution >= 4 is 133 Å². The average molecular weight is 1820 g/mol. The number of nitrogens with one attached hydrogen (secondary N) is 8. The lowest BCUT2D eigenvalue weighted by atomic mass is 9.95. The van der Waals surface area contributed by atoms with E-state index < -0.39 is 0 Å². The van der Waals surface area contributed by atoms with Crippen LogP contribution in [0.3, 0.4) is 0 Å². The van der Waals surface area contributed by atoms with Gasteiger partial charge in [0.1, 0.15) is 23.0 Å².